The van der Waals surface area contributed by atoms with Gasteiger partial charge in [-0.2, -0.15) is 0 Å². The molecule has 5 amide bonds. The fourth-order valence-electron chi connectivity index (χ4n) is 6.40. The summed E-state index contributed by atoms with van der Waals surface area (Å²) in [6.45, 7) is 25.5. The molecule has 2 unspecified atom stereocenters. The maximum absolute atomic E-state index is 14.2. The number of aliphatic hydroxyl groups excluding tert-OH is 1. The molecule has 0 radical (unpaired) electrons. The van der Waals surface area contributed by atoms with Crippen molar-refractivity contribution < 1.29 is 29.1 Å². The maximum atomic E-state index is 14.2. The molecule has 0 bridgehead atoms. The number of hydrogen-bond acceptors (Lipinski definition) is 7. The molecular weight excluding hydrogens is 672 g/mol. The Morgan fingerprint density at radius 3 is 1.89 bits per heavy atom. The summed E-state index contributed by atoms with van der Waals surface area (Å²) in [6.07, 6.45) is 9.63. The van der Waals surface area contributed by atoms with E-state index in [0.29, 0.717) is 31.3 Å². The fraction of sp³-hybridized carbons (Fsp3) is 0.732. The molecule has 53 heavy (non-hydrogen) atoms. The van der Waals surface area contributed by atoms with Crippen molar-refractivity contribution in [2.24, 2.45) is 17.8 Å². The van der Waals surface area contributed by atoms with E-state index in [-0.39, 0.29) is 30.1 Å². The zero-order chi connectivity index (χ0) is 40.4. The summed E-state index contributed by atoms with van der Waals surface area (Å²) in [6, 6.07) is -4.29. The van der Waals surface area contributed by atoms with Gasteiger partial charge in [0.05, 0.1) is 12.1 Å². The molecule has 0 aromatic rings. The summed E-state index contributed by atoms with van der Waals surface area (Å²) < 4.78 is 0. The number of nitrogens with zero attached hydrogens (tertiary/aromatic N) is 3. The first-order valence-electron chi connectivity index (χ1n) is 19.6. The number of piperidine rings is 1. The minimum atomic E-state index is -1.06. The normalized spacial score (nSPS) is 17.1. The van der Waals surface area contributed by atoms with Crippen LogP contribution in [0.1, 0.15) is 107 Å². The van der Waals surface area contributed by atoms with E-state index >= 15 is 0 Å². The van der Waals surface area contributed by atoms with Crippen LogP contribution in [0.3, 0.4) is 0 Å². The molecule has 0 aromatic carbocycles. The van der Waals surface area contributed by atoms with Gasteiger partial charge in [-0.3, -0.25) is 24.0 Å². The lowest BCUT2D eigenvalue weighted by Crippen LogP contribution is -2.60. The van der Waals surface area contributed by atoms with E-state index in [1.54, 1.807) is 53.0 Å². The Kier molecular flexibility index (Phi) is 21.5. The Morgan fingerprint density at radius 1 is 0.792 bits per heavy atom. The lowest BCUT2D eigenvalue weighted by atomic mass is 9.96. The number of likely N-dealkylation sites (tertiary alicyclic amines) is 1. The van der Waals surface area contributed by atoms with Gasteiger partial charge >= 0.3 is 0 Å². The predicted octanol–water partition coefficient (Wildman–Crippen LogP) is 4.20. The van der Waals surface area contributed by atoms with Crippen molar-refractivity contribution in [1.82, 2.24) is 30.7 Å². The van der Waals surface area contributed by atoms with Gasteiger partial charge in [-0.25, -0.2) is 0 Å². The first-order valence-corrected chi connectivity index (χ1v) is 19.6. The molecule has 6 atom stereocenters. The van der Waals surface area contributed by atoms with Gasteiger partial charge in [-0.05, 0) is 83.3 Å². The van der Waals surface area contributed by atoms with Gasteiger partial charge in [0.15, 0.2) is 0 Å². The van der Waals surface area contributed by atoms with Crippen molar-refractivity contribution in [2.45, 2.75) is 143 Å². The highest BCUT2D eigenvalue weighted by Gasteiger charge is 2.38. The molecule has 1 aliphatic heterocycles. The number of carbonyl (C=O) groups is 5. The van der Waals surface area contributed by atoms with Crippen molar-refractivity contribution in [3.05, 3.63) is 37.0 Å². The van der Waals surface area contributed by atoms with Crippen LogP contribution in [0.15, 0.2) is 37.0 Å². The fourth-order valence-corrected chi connectivity index (χ4v) is 6.40. The van der Waals surface area contributed by atoms with Gasteiger partial charge in [0.2, 0.25) is 29.5 Å². The van der Waals surface area contributed by atoms with Gasteiger partial charge < -0.3 is 35.8 Å². The molecule has 1 heterocycles. The second-order valence-corrected chi connectivity index (χ2v) is 16.0. The van der Waals surface area contributed by atoms with Crippen molar-refractivity contribution >= 4 is 29.5 Å². The Hall–Kier alpha value is -3.51. The van der Waals surface area contributed by atoms with E-state index in [0.717, 1.165) is 19.6 Å². The van der Waals surface area contributed by atoms with Gasteiger partial charge in [0, 0.05) is 26.9 Å². The molecule has 1 saturated heterocycles. The van der Waals surface area contributed by atoms with Crippen molar-refractivity contribution in [2.75, 3.05) is 33.7 Å². The lowest BCUT2D eigenvalue weighted by molar-refractivity contribution is -0.146. The molecule has 12 nitrogen and oxygen atoms in total. The Balaban J connectivity index is 3.32. The first kappa shape index (κ1) is 47.5. The maximum Gasteiger partial charge on any atom is 0.245 e. The monoisotopic (exact) mass is 745 g/mol. The van der Waals surface area contributed by atoms with Gasteiger partial charge in [0.25, 0.3) is 0 Å². The van der Waals surface area contributed by atoms with Gasteiger partial charge in [-0.15, -0.1) is 0 Å². The Labute approximate surface area is 320 Å². The van der Waals surface area contributed by atoms with E-state index in [1.807, 2.05) is 27.7 Å². The molecular formula is C41H72N6O6. The van der Waals surface area contributed by atoms with Crippen molar-refractivity contribution in [3.8, 4) is 0 Å². The van der Waals surface area contributed by atoms with Crippen LogP contribution < -0.4 is 16.0 Å². The number of hydrogen-bond donors (Lipinski definition) is 4. The molecule has 0 aliphatic carbocycles. The van der Waals surface area contributed by atoms with E-state index in [4.69, 9.17) is 0 Å². The molecule has 0 aromatic heterocycles. The summed E-state index contributed by atoms with van der Waals surface area (Å²) in [4.78, 5) is 74.1. The minimum Gasteiger partial charge on any atom is -0.391 e. The van der Waals surface area contributed by atoms with Gasteiger partial charge in [-0.1, -0.05) is 84.9 Å². The lowest BCUT2D eigenvalue weighted by Gasteiger charge is -2.36. The largest absolute Gasteiger partial charge is 0.391 e. The number of likely N-dealkylation sites (N-methyl/N-ethyl adjacent to an activating group) is 2. The highest BCUT2D eigenvalue weighted by Crippen LogP contribution is 2.19. The highest BCUT2D eigenvalue weighted by atomic mass is 16.3. The van der Waals surface area contributed by atoms with Gasteiger partial charge in [0.1, 0.15) is 24.2 Å². The number of nitrogens with one attached hydrogen (secondary N) is 3. The summed E-state index contributed by atoms with van der Waals surface area (Å²) >= 11 is 0. The van der Waals surface area contributed by atoms with Crippen LogP contribution in [0.2, 0.25) is 0 Å². The smallest absolute Gasteiger partial charge is 0.245 e. The molecule has 302 valence electrons. The average molecular weight is 745 g/mol. The van der Waals surface area contributed by atoms with Crippen molar-refractivity contribution in [1.29, 1.82) is 0 Å². The van der Waals surface area contributed by atoms with E-state index in [9.17, 15) is 29.1 Å². The molecule has 1 aliphatic rings. The Morgan fingerprint density at radius 2 is 1.36 bits per heavy atom. The number of carbonyl (C=O) groups excluding carboxylic acids is 5. The molecule has 4 N–H and O–H groups in total. The summed E-state index contributed by atoms with van der Waals surface area (Å²) in [5.41, 5.74) is 0.567. The predicted molar refractivity (Wildman–Crippen MR) is 213 cm³/mol. The van der Waals surface area contributed by atoms with Crippen LogP contribution >= 0.6 is 0 Å². The highest BCUT2D eigenvalue weighted by molar-refractivity contribution is 5.95. The quantitative estimate of drug-likeness (QED) is 0.115. The summed E-state index contributed by atoms with van der Waals surface area (Å²) in [5.74, 6) is -2.22. The molecule has 1 rings (SSSR count). The van der Waals surface area contributed by atoms with E-state index < -0.39 is 59.9 Å². The van der Waals surface area contributed by atoms with Crippen LogP contribution in [0.4, 0.5) is 0 Å². The van der Waals surface area contributed by atoms with Crippen LogP contribution in [-0.2, 0) is 24.0 Å². The molecule has 1 fully saturated rings. The van der Waals surface area contributed by atoms with Crippen LogP contribution in [0.5, 0.6) is 0 Å². The first-order chi connectivity index (χ1) is 24.8. The average Bonchev–Trinajstić information content (AvgIpc) is 3.09. The number of rotatable bonds is 23. The summed E-state index contributed by atoms with van der Waals surface area (Å²) in [7, 11) is 3.09. The summed E-state index contributed by atoms with van der Waals surface area (Å²) in [5, 5.41) is 18.6. The third kappa shape index (κ3) is 17.0. The van der Waals surface area contributed by atoms with E-state index in [2.05, 4.69) is 34.0 Å². The van der Waals surface area contributed by atoms with Crippen molar-refractivity contribution in [3.63, 3.8) is 0 Å². The SMILES string of the molecule is C=C/C=C\C(=C)C[C@@H](C(=O)NC(C(=O)N(C)[C@@H](CC(C)C)C(=O)N[C@H](C)[C@@H](C)O)C(C)C)N(C)C(=O)C(CC(C)C)NC(=O)CCCN1CCCCC1. The van der Waals surface area contributed by atoms with E-state index in [1.165, 1.54) is 36.1 Å². The number of allylic oxidation sites excluding steroid dienone is 3. The number of amides is 5. The topological polar surface area (TPSA) is 151 Å². The molecule has 12 heteroatoms. The van der Waals surface area contributed by atoms with Crippen LogP contribution in [0, 0.1) is 17.8 Å². The van der Waals surface area contributed by atoms with Crippen LogP contribution in [0.25, 0.3) is 0 Å². The number of aliphatic hydroxyl groups is 1. The Bertz CT molecular complexity index is 1240. The standard InChI is InChI=1S/C41H72N6O6/c1-13-14-19-30(8)26-35(45(11)40(52)33(24-27(2)3)43-36(49)20-18-23-47-21-16-15-17-22-47)39(51)44-37(29(6)7)41(53)46(12)34(25-28(4)5)38(50)42-31(9)32(10)48/h13-14,19,27-29,31-35,37,48H,1,8,15-18,20-26H2,2-7,9-12H3,(H,42,50)(H,43,49)(H,44,51)/b19-14-/t31-,32-,33?,34+,35+,37?/m1/s1. The second-order valence-electron chi connectivity index (χ2n) is 16.0. The zero-order valence-electron chi connectivity index (χ0n) is 34.5. The molecule has 0 spiro atoms. The zero-order valence-corrected chi connectivity index (χ0v) is 34.5. The van der Waals surface area contributed by atoms with Crippen LogP contribution in [-0.4, -0.2) is 119 Å². The third-order valence-electron chi connectivity index (χ3n) is 9.85. The minimum absolute atomic E-state index is 0.0705. The second kappa shape index (κ2) is 24.0. The third-order valence-corrected chi connectivity index (χ3v) is 9.85. The molecule has 0 saturated carbocycles.